The van der Waals surface area contributed by atoms with Crippen LogP contribution >= 0.6 is 0 Å². The molecule has 0 bridgehead atoms. The minimum Gasteiger partial charge on any atom is -0.347 e. The van der Waals surface area contributed by atoms with Gasteiger partial charge in [-0.25, -0.2) is 4.39 Å². The van der Waals surface area contributed by atoms with E-state index >= 15 is 0 Å². The number of carbonyl (C=O) groups excluding carboxylic acids is 1. The maximum atomic E-state index is 12.7. The van der Waals surface area contributed by atoms with E-state index < -0.39 is 0 Å². The Kier molecular flexibility index (Phi) is 4.65. The molecule has 0 fully saturated rings. The Morgan fingerprint density at radius 3 is 2.75 bits per heavy atom. The largest absolute Gasteiger partial charge is 0.347 e. The lowest BCUT2D eigenvalue weighted by atomic mass is 10.2. The van der Waals surface area contributed by atoms with Gasteiger partial charge >= 0.3 is 0 Å². The molecule has 0 atom stereocenters. The third-order valence-corrected chi connectivity index (χ3v) is 2.76. The van der Waals surface area contributed by atoms with Crippen molar-refractivity contribution in [3.8, 4) is 0 Å². The third-order valence-electron chi connectivity index (χ3n) is 2.76. The highest BCUT2D eigenvalue weighted by atomic mass is 19.1. The van der Waals surface area contributed by atoms with Crippen molar-refractivity contribution in [2.24, 2.45) is 0 Å². The Bertz CT molecular complexity index is 602. The van der Waals surface area contributed by atoms with Crippen LogP contribution in [-0.4, -0.2) is 15.7 Å². The second-order valence-electron chi connectivity index (χ2n) is 4.27. The molecule has 5 heteroatoms. The van der Waals surface area contributed by atoms with Gasteiger partial charge in [0.2, 0.25) is 5.91 Å². The first-order valence-corrected chi connectivity index (χ1v) is 6.41. The molecule has 0 aliphatic heterocycles. The van der Waals surface area contributed by atoms with Crippen LogP contribution in [0.4, 0.5) is 4.39 Å². The molecule has 2 aromatic rings. The van der Waals surface area contributed by atoms with Crippen molar-refractivity contribution in [2.75, 3.05) is 0 Å². The summed E-state index contributed by atoms with van der Waals surface area (Å²) in [5.41, 5.74) is 1.59. The number of aryl methyl sites for hydroxylation is 1. The molecule has 0 aliphatic rings. The molecule has 0 radical (unpaired) electrons. The topological polar surface area (TPSA) is 46.9 Å². The Morgan fingerprint density at radius 1 is 1.35 bits per heavy atom. The van der Waals surface area contributed by atoms with Crippen molar-refractivity contribution in [3.05, 3.63) is 59.7 Å². The van der Waals surface area contributed by atoms with Gasteiger partial charge in [0.1, 0.15) is 5.82 Å². The summed E-state index contributed by atoms with van der Waals surface area (Å²) in [6.45, 7) is 3.19. The molecule has 20 heavy (non-hydrogen) atoms. The molecule has 104 valence electrons. The van der Waals surface area contributed by atoms with Crippen molar-refractivity contribution < 1.29 is 9.18 Å². The van der Waals surface area contributed by atoms with Gasteiger partial charge in [-0.15, -0.1) is 0 Å². The first kappa shape index (κ1) is 14.0. The first-order valence-electron chi connectivity index (χ1n) is 6.41. The van der Waals surface area contributed by atoms with Gasteiger partial charge in [-0.1, -0.05) is 12.1 Å². The fraction of sp³-hybridized carbons (Fsp3) is 0.200. The number of hydrogen-bond donors (Lipinski definition) is 1. The summed E-state index contributed by atoms with van der Waals surface area (Å²) < 4.78 is 14.5. The van der Waals surface area contributed by atoms with Gasteiger partial charge < -0.3 is 5.32 Å². The lowest BCUT2D eigenvalue weighted by Gasteiger charge is -1.99. The minimum absolute atomic E-state index is 0.208. The lowest BCUT2D eigenvalue weighted by molar-refractivity contribution is -0.116. The van der Waals surface area contributed by atoms with Crippen LogP contribution in [0, 0.1) is 5.82 Å². The number of carbonyl (C=O) groups is 1. The van der Waals surface area contributed by atoms with E-state index in [0.29, 0.717) is 6.54 Å². The summed E-state index contributed by atoms with van der Waals surface area (Å²) in [7, 11) is 0. The summed E-state index contributed by atoms with van der Waals surface area (Å²) >= 11 is 0. The van der Waals surface area contributed by atoms with Crippen LogP contribution in [0.3, 0.4) is 0 Å². The Labute approximate surface area is 116 Å². The molecule has 0 unspecified atom stereocenters. The number of rotatable bonds is 5. The second-order valence-corrected chi connectivity index (χ2v) is 4.27. The number of aromatic nitrogens is 2. The molecule has 0 saturated carbocycles. The lowest BCUT2D eigenvalue weighted by Crippen LogP contribution is -2.20. The normalized spacial score (nSPS) is 10.9. The number of hydrogen-bond acceptors (Lipinski definition) is 2. The van der Waals surface area contributed by atoms with Crippen LogP contribution in [-0.2, 0) is 17.9 Å². The Morgan fingerprint density at radius 2 is 2.10 bits per heavy atom. The molecule has 1 amide bonds. The number of benzene rings is 1. The third kappa shape index (κ3) is 4.05. The van der Waals surface area contributed by atoms with E-state index in [1.807, 2.05) is 19.2 Å². The fourth-order valence-electron chi connectivity index (χ4n) is 1.66. The predicted molar refractivity (Wildman–Crippen MR) is 75.2 cm³/mol. The van der Waals surface area contributed by atoms with E-state index in [2.05, 4.69) is 10.4 Å². The van der Waals surface area contributed by atoms with Crippen LogP contribution in [0.25, 0.3) is 6.08 Å². The molecule has 1 N–H and O–H groups in total. The van der Waals surface area contributed by atoms with Gasteiger partial charge in [0, 0.05) is 18.8 Å². The molecular formula is C15H16FN3O. The molecule has 0 aliphatic carbocycles. The second kappa shape index (κ2) is 6.65. The van der Waals surface area contributed by atoms with Gasteiger partial charge in [-0.2, -0.15) is 5.10 Å². The standard InChI is InChI=1S/C15H16FN3O/c1-2-19-10-9-14(18-19)11-17-15(20)8-5-12-3-6-13(16)7-4-12/h3-10H,2,11H2,1H3,(H,17,20)/b8-5+. The number of nitrogens with one attached hydrogen (secondary N) is 1. The zero-order valence-corrected chi connectivity index (χ0v) is 11.2. The summed E-state index contributed by atoms with van der Waals surface area (Å²) in [6, 6.07) is 7.81. The van der Waals surface area contributed by atoms with E-state index in [1.165, 1.54) is 18.2 Å². The van der Waals surface area contributed by atoms with Crippen LogP contribution < -0.4 is 5.32 Å². The number of nitrogens with zero attached hydrogens (tertiary/aromatic N) is 2. The van der Waals surface area contributed by atoms with Crippen molar-refractivity contribution in [1.82, 2.24) is 15.1 Å². The summed E-state index contributed by atoms with van der Waals surface area (Å²) in [6.07, 6.45) is 4.93. The molecule has 1 heterocycles. The van der Waals surface area contributed by atoms with E-state index in [4.69, 9.17) is 0 Å². The van der Waals surface area contributed by atoms with Crippen molar-refractivity contribution in [3.63, 3.8) is 0 Å². The van der Waals surface area contributed by atoms with Gasteiger partial charge in [-0.05, 0) is 36.8 Å². The summed E-state index contributed by atoms with van der Waals surface area (Å²) in [5, 5.41) is 7.01. The van der Waals surface area contributed by atoms with E-state index in [1.54, 1.807) is 22.9 Å². The Hall–Kier alpha value is -2.43. The van der Waals surface area contributed by atoms with Gasteiger partial charge in [0.25, 0.3) is 0 Å². The molecular weight excluding hydrogens is 257 g/mol. The van der Waals surface area contributed by atoms with Crippen LogP contribution in [0.15, 0.2) is 42.6 Å². The number of halogens is 1. The quantitative estimate of drug-likeness (QED) is 0.850. The van der Waals surface area contributed by atoms with Gasteiger partial charge in [0.05, 0.1) is 12.2 Å². The van der Waals surface area contributed by atoms with Crippen LogP contribution in [0.5, 0.6) is 0 Å². The molecule has 0 saturated heterocycles. The molecule has 1 aromatic carbocycles. The van der Waals surface area contributed by atoms with Crippen LogP contribution in [0.2, 0.25) is 0 Å². The van der Waals surface area contributed by atoms with Crippen molar-refractivity contribution in [2.45, 2.75) is 20.0 Å². The zero-order valence-electron chi connectivity index (χ0n) is 11.2. The molecule has 1 aromatic heterocycles. The smallest absolute Gasteiger partial charge is 0.244 e. The highest BCUT2D eigenvalue weighted by Crippen LogP contribution is 2.04. The SMILES string of the molecule is CCn1ccc(CNC(=O)/C=C/c2ccc(F)cc2)n1. The minimum atomic E-state index is -0.293. The van der Waals surface area contributed by atoms with Crippen molar-refractivity contribution >= 4 is 12.0 Å². The van der Waals surface area contributed by atoms with Crippen LogP contribution in [0.1, 0.15) is 18.2 Å². The monoisotopic (exact) mass is 273 g/mol. The molecule has 0 spiro atoms. The summed E-state index contributed by atoms with van der Waals surface area (Å²) in [5.74, 6) is -0.501. The van der Waals surface area contributed by atoms with E-state index in [-0.39, 0.29) is 11.7 Å². The maximum Gasteiger partial charge on any atom is 0.244 e. The molecule has 4 nitrogen and oxygen atoms in total. The first-order chi connectivity index (χ1) is 9.67. The fourth-order valence-corrected chi connectivity index (χ4v) is 1.66. The van der Waals surface area contributed by atoms with E-state index in [0.717, 1.165) is 17.8 Å². The summed E-state index contributed by atoms with van der Waals surface area (Å²) in [4.78, 5) is 11.6. The average Bonchev–Trinajstić information content (AvgIpc) is 2.92. The number of amides is 1. The Balaban J connectivity index is 1.84. The predicted octanol–water partition coefficient (Wildman–Crippen LogP) is 2.37. The van der Waals surface area contributed by atoms with Crippen molar-refractivity contribution in [1.29, 1.82) is 0 Å². The highest BCUT2D eigenvalue weighted by Gasteiger charge is 2.00. The highest BCUT2D eigenvalue weighted by molar-refractivity contribution is 5.91. The maximum absolute atomic E-state index is 12.7. The zero-order chi connectivity index (χ0) is 14.4. The average molecular weight is 273 g/mol. The van der Waals surface area contributed by atoms with Gasteiger partial charge in [-0.3, -0.25) is 9.48 Å². The van der Waals surface area contributed by atoms with E-state index in [9.17, 15) is 9.18 Å². The van der Waals surface area contributed by atoms with Gasteiger partial charge in [0.15, 0.2) is 0 Å². The molecule has 2 rings (SSSR count).